The second kappa shape index (κ2) is 8.72. The van der Waals surface area contributed by atoms with Crippen LogP contribution in [0, 0.1) is 24.0 Å². The molecular formula is C19H17F3N2O5. The molecule has 1 N–H and O–H groups in total. The van der Waals surface area contributed by atoms with E-state index in [4.69, 9.17) is 4.74 Å². The number of hydrogen-bond acceptors (Lipinski definition) is 5. The molecule has 0 radical (unpaired) electrons. The maximum atomic E-state index is 12.7. The number of ether oxygens (including phenoxy) is 1. The number of rotatable bonds is 6. The van der Waals surface area contributed by atoms with Gasteiger partial charge in [-0.1, -0.05) is 18.2 Å². The van der Waals surface area contributed by atoms with Crippen molar-refractivity contribution in [2.75, 3.05) is 11.9 Å². The summed E-state index contributed by atoms with van der Waals surface area (Å²) in [5, 5.41) is 13.1. The Kier molecular flexibility index (Phi) is 6.57. The third kappa shape index (κ3) is 6.03. The second-order valence-corrected chi connectivity index (χ2v) is 6.29. The molecule has 0 bridgehead atoms. The van der Waals surface area contributed by atoms with Gasteiger partial charge in [0.2, 0.25) is 0 Å². The number of nitro benzene ring substituents is 1. The first kappa shape index (κ1) is 21.9. The number of benzene rings is 2. The standard InChI is InChI=1S/C19H17F3N2O5/c1-11-3-4-13(7-12(11)2)8-18(26)29-10-17(25)23-15-6-5-14(19(20,21)22)9-16(15)24(27)28/h3-7,9H,8,10H2,1-2H3,(H,23,25). The molecule has 7 nitrogen and oxygen atoms in total. The van der Waals surface area contributed by atoms with Gasteiger partial charge in [0.25, 0.3) is 11.6 Å². The zero-order valence-electron chi connectivity index (χ0n) is 15.5. The fraction of sp³-hybridized carbons (Fsp3) is 0.263. The summed E-state index contributed by atoms with van der Waals surface area (Å²) < 4.78 is 42.9. The van der Waals surface area contributed by atoms with Crippen molar-refractivity contribution in [3.63, 3.8) is 0 Å². The molecule has 0 aromatic heterocycles. The van der Waals surface area contributed by atoms with E-state index in [1.807, 2.05) is 26.0 Å². The Morgan fingerprint density at radius 1 is 1.10 bits per heavy atom. The van der Waals surface area contributed by atoms with Gasteiger partial charge in [0.1, 0.15) is 5.69 Å². The van der Waals surface area contributed by atoms with E-state index in [1.54, 1.807) is 6.07 Å². The molecule has 0 heterocycles. The first-order chi connectivity index (χ1) is 13.5. The molecule has 10 heteroatoms. The summed E-state index contributed by atoms with van der Waals surface area (Å²) in [6.45, 7) is 3.07. The molecule has 0 unspecified atom stereocenters. The van der Waals surface area contributed by atoms with Gasteiger partial charge in [0, 0.05) is 6.07 Å². The number of hydrogen-bond donors (Lipinski definition) is 1. The van der Waals surface area contributed by atoms with Crippen molar-refractivity contribution in [1.82, 2.24) is 0 Å². The number of carbonyl (C=O) groups excluding carboxylic acids is 2. The highest BCUT2D eigenvalue weighted by Gasteiger charge is 2.33. The van der Waals surface area contributed by atoms with Gasteiger partial charge < -0.3 is 10.1 Å². The number of halogens is 3. The Morgan fingerprint density at radius 3 is 2.38 bits per heavy atom. The van der Waals surface area contributed by atoms with Crippen LogP contribution in [0.3, 0.4) is 0 Å². The van der Waals surface area contributed by atoms with Crippen molar-refractivity contribution in [3.05, 3.63) is 68.8 Å². The molecule has 2 aromatic carbocycles. The second-order valence-electron chi connectivity index (χ2n) is 6.29. The molecule has 1 amide bonds. The van der Waals surface area contributed by atoms with Gasteiger partial charge in [-0.15, -0.1) is 0 Å². The first-order valence-corrected chi connectivity index (χ1v) is 8.34. The van der Waals surface area contributed by atoms with Crippen LogP contribution >= 0.6 is 0 Å². The van der Waals surface area contributed by atoms with Gasteiger partial charge in [0.15, 0.2) is 6.61 Å². The van der Waals surface area contributed by atoms with Crippen LogP contribution in [-0.4, -0.2) is 23.4 Å². The SMILES string of the molecule is Cc1ccc(CC(=O)OCC(=O)Nc2ccc(C(F)(F)F)cc2[N+](=O)[O-])cc1C. The van der Waals surface area contributed by atoms with Crippen molar-refractivity contribution in [2.45, 2.75) is 26.4 Å². The van der Waals surface area contributed by atoms with Gasteiger partial charge in [-0.25, -0.2) is 0 Å². The minimum Gasteiger partial charge on any atom is -0.455 e. The summed E-state index contributed by atoms with van der Waals surface area (Å²) in [5.74, 6) is -1.60. The summed E-state index contributed by atoms with van der Waals surface area (Å²) in [5.41, 5.74) is 0.161. The number of alkyl halides is 3. The van der Waals surface area contributed by atoms with Crippen LogP contribution in [0.5, 0.6) is 0 Å². The van der Waals surface area contributed by atoms with E-state index in [-0.39, 0.29) is 6.42 Å². The number of nitro groups is 1. The molecule has 0 aliphatic heterocycles. The van der Waals surface area contributed by atoms with E-state index in [0.717, 1.165) is 17.2 Å². The zero-order chi connectivity index (χ0) is 21.8. The number of esters is 1. The number of carbonyl (C=O) groups is 2. The predicted molar refractivity (Wildman–Crippen MR) is 97.3 cm³/mol. The maximum absolute atomic E-state index is 12.7. The quantitative estimate of drug-likeness (QED) is 0.442. The Hall–Kier alpha value is -3.43. The average molecular weight is 410 g/mol. The fourth-order valence-electron chi connectivity index (χ4n) is 2.43. The van der Waals surface area contributed by atoms with Crippen LogP contribution in [0.15, 0.2) is 36.4 Å². The summed E-state index contributed by atoms with van der Waals surface area (Å²) >= 11 is 0. The monoisotopic (exact) mass is 410 g/mol. The fourth-order valence-corrected chi connectivity index (χ4v) is 2.43. The summed E-state index contributed by atoms with van der Waals surface area (Å²) in [7, 11) is 0. The Labute approximate surface area is 163 Å². The molecule has 29 heavy (non-hydrogen) atoms. The Balaban J connectivity index is 1.99. The van der Waals surface area contributed by atoms with Gasteiger partial charge in [-0.3, -0.25) is 19.7 Å². The van der Waals surface area contributed by atoms with Gasteiger partial charge in [0.05, 0.1) is 16.9 Å². The zero-order valence-corrected chi connectivity index (χ0v) is 15.5. The Morgan fingerprint density at radius 2 is 1.79 bits per heavy atom. The maximum Gasteiger partial charge on any atom is 0.416 e. The molecule has 2 rings (SSSR count). The van der Waals surface area contributed by atoms with E-state index in [2.05, 4.69) is 5.32 Å². The van der Waals surface area contributed by atoms with E-state index in [1.165, 1.54) is 0 Å². The van der Waals surface area contributed by atoms with Gasteiger partial charge >= 0.3 is 12.1 Å². The highest BCUT2D eigenvalue weighted by Crippen LogP contribution is 2.34. The van der Waals surface area contributed by atoms with E-state index in [9.17, 15) is 32.9 Å². The lowest BCUT2D eigenvalue weighted by Crippen LogP contribution is -2.22. The average Bonchev–Trinajstić information content (AvgIpc) is 2.62. The van der Waals surface area contributed by atoms with E-state index < -0.39 is 46.5 Å². The van der Waals surface area contributed by atoms with Crippen LogP contribution in [0.1, 0.15) is 22.3 Å². The number of aryl methyl sites for hydroxylation is 2. The largest absolute Gasteiger partial charge is 0.455 e. The highest BCUT2D eigenvalue weighted by molar-refractivity contribution is 5.95. The third-order valence-corrected chi connectivity index (χ3v) is 4.08. The van der Waals surface area contributed by atoms with Crippen molar-refractivity contribution in [3.8, 4) is 0 Å². The molecule has 0 aliphatic carbocycles. The molecule has 0 saturated heterocycles. The van der Waals surface area contributed by atoms with Crippen LogP contribution in [0.2, 0.25) is 0 Å². The molecule has 0 atom stereocenters. The minimum absolute atomic E-state index is 0.0746. The predicted octanol–water partition coefficient (Wildman–Crippen LogP) is 3.95. The molecular weight excluding hydrogens is 393 g/mol. The van der Waals surface area contributed by atoms with Crippen LogP contribution in [0.4, 0.5) is 24.5 Å². The lowest BCUT2D eigenvalue weighted by molar-refractivity contribution is -0.384. The van der Waals surface area contributed by atoms with Crippen molar-refractivity contribution >= 4 is 23.3 Å². The Bertz CT molecular complexity index is 957. The van der Waals surface area contributed by atoms with E-state index in [0.29, 0.717) is 17.7 Å². The van der Waals surface area contributed by atoms with Crippen molar-refractivity contribution in [2.24, 2.45) is 0 Å². The van der Waals surface area contributed by atoms with Crippen molar-refractivity contribution < 1.29 is 32.4 Å². The molecule has 0 saturated carbocycles. The smallest absolute Gasteiger partial charge is 0.416 e. The molecule has 2 aromatic rings. The third-order valence-electron chi connectivity index (χ3n) is 4.08. The lowest BCUT2D eigenvalue weighted by atomic mass is 10.0. The summed E-state index contributed by atoms with van der Waals surface area (Å²) in [6, 6.07) is 7.09. The molecule has 0 spiro atoms. The van der Waals surface area contributed by atoms with Crippen LogP contribution < -0.4 is 5.32 Å². The van der Waals surface area contributed by atoms with E-state index >= 15 is 0 Å². The molecule has 0 fully saturated rings. The normalized spacial score (nSPS) is 11.1. The number of nitrogens with zero attached hydrogens (tertiary/aromatic N) is 1. The molecule has 0 aliphatic rings. The van der Waals surface area contributed by atoms with Crippen LogP contribution in [-0.2, 0) is 26.9 Å². The van der Waals surface area contributed by atoms with Crippen molar-refractivity contribution in [1.29, 1.82) is 0 Å². The number of amides is 1. The number of nitrogens with one attached hydrogen (secondary N) is 1. The lowest BCUT2D eigenvalue weighted by Gasteiger charge is -2.10. The first-order valence-electron chi connectivity index (χ1n) is 8.34. The van der Waals surface area contributed by atoms with Gasteiger partial charge in [-0.2, -0.15) is 13.2 Å². The number of anilines is 1. The minimum atomic E-state index is -4.77. The summed E-state index contributed by atoms with van der Waals surface area (Å²) in [4.78, 5) is 33.7. The molecule has 154 valence electrons. The summed E-state index contributed by atoms with van der Waals surface area (Å²) in [6.07, 6.45) is -4.84. The van der Waals surface area contributed by atoms with Gasteiger partial charge in [-0.05, 0) is 42.7 Å². The topological polar surface area (TPSA) is 98.5 Å². The highest BCUT2D eigenvalue weighted by atomic mass is 19.4. The van der Waals surface area contributed by atoms with Crippen LogP contribution in [0.25, 0.3) is 0 Å².